The fourth-order valence-corrected chi connectivity index (χ4v) is 3.79. The molecular weight excluding hydrogens is 350 g/mol. The summed E-state index contributed by atoms with van der Waals surface area (Å²) in [5.41, 5.74) is 10.7. The van der Waals surface area contributed by atoms with Crippen LogP contribution in [0.15, 0.2) is 30.6 Å². The number of aryl methyl sites for hydroxylation is 1. The van der Waals surface area contributed by atoms with Crippen LogP contribution in [-0.2, 0) is 0 Å². The molecule has 0 unspecified atom stereocenters. The summed E-state index contributed by atoms with van der Waals surface area (Å²) in [7, 11) is 1.61. The third-order valence-electron chi connectivity index (χ3n) is 4.72. The van der Waals surface area contributed by atoms with E-state index in [-0.39, 0.29) is 0 Å². The Morgan fingerprint density at radius 2 is 2.08 bits per heavy atom. The Bertz CT molecular complexity index is 1230. The van der Waals surface area contributed by atoms with Gasteiger partial charge in [-0.1, -0.05) is 11.6 Å². The molecule has 2 N–H and O–H groups in total. The minimum Gasteiger partial charge on any atom is -0.496 e. The van der Waals surface area contributed by atoms with Crippen molar-refractivity contribution in [3.63, 3.8) is 0 Å². The topological polar surface area (TPSA) is 81.3 Å². The van der Waals surface area contributed by atoms with E-state index >= 15 is 0 Å². The van der Waals surface area contributed by atoms with Crippen molar-refractivity contribution < 1.29 is 4.74 Å². The maximum Gasteiger partial charge on any atom is 0.162 e. The quantitative estimate of drug-likeness (QED) is 0.582. The number of aromatic nitrogens is 3. The van der Waals surface area contributed by atoms with Gasteiger partial charge in [0.25, 0.3) is 0 Å². The molecule has 0 radical (unpaired) electrons. The van der Waals surface area contributed by atoms with Gasteiger partial charge in [0.2, 0.25) is 0 Å². The van der Waals surface area contributed by atoms with Gasteiger partial charge in [-0.05, 0) is 32.0 Å². The number of hydrogen-bond acceptors (Lipinski definition) is 4. The van der Waals surface area contributed by atoms with E-state index in [1.54, 1.807) is 23.9 Å². The molecule has 7 heteroatoms. The Morgan fingerprint density at radius 3 is 2.77 bits per heavy atom. The van der Waals surface area contributed by atoms with Crippen molar-refractivity contribution >= 4 is 34.0 Å². The van der Waals surface area contributed by atoms with E-state index < -0.39 is 0 Å². The van der Waals surface area contributed by atoms with Crippen molar-refractivity contribution in [3.8, 4) is 17.5 Å². The van der Waals surface area contributed by atoms with Crippen LogP contribution in [0, 0.1) is 25.2 Å². The minimum absolute atomic E-state index is 0.330. The number of nitrogens with zero attached hydrogens (tertiary/aromatic N) is 4. The highest BCUT2D eigenvalue weighted by molar-refractivity contribution is 6.32. The average Bonchev–Trinajstić information content (AvgIpc) is 3.19. The van der Waals surface area contributed by atoms with Gasteiger partial charge >= 0.3 is 0 Å². The summed E-state index contributed by atoms with van der Waals surface area (Å²) in [6, 6.07) is 7.74. The highest BCUT2D eigenvalue weighted by Gasteiger charge is 2.23. The lowest BCUT2D eigenvalue weighted by Crippen LogP contribution is -2.05. The molecule has 26 heavy (non-hydrogen) atoms. The molecule has 0 spiro atoms. The minimum atomic E-state index is 0.330. The Hall–Kier alpha value is -3.17. The molecule has 0 aliphatic rings. The molecule has 3 heterocycles. The van der Waals surface area contributed by atoms with Gasteiger partial charge in [0.05, 0.1) is 23.3 Å². The first-order valence-electron chi connectivity index (χ1n) is 7.99. The third kappa shape index (κ3) is 2.01. The molecule has 130 valence electrons. The zero-order valence-electron chi connectivity index (χ0n) is 14.5. The number of imidazole rings is 1. The Balaban J connectivity index is 2.28. The molecule has 0 fully saturated rings. The van der Waals surface area contributed by atoms with Crippen LogP contribution < -0.4 is 10.5 Å². The van der Waals surface area contributed by atoms with E-state index in [1.807, 2.05) is 36.6 Å². The number of nitrogens with two attached hydrogens (primary N) is 1. The second-order valence-electron chi connectivity index (χ2n) is 6.10. The summed E-state index contributed by atoms with van der Waals surface area (Å²) in [6.07, 6.45) is 3.60. The van der Waals surface area contributed by atoms with Crippen LogP contribution in [0.5, 0.6) is 5.75 Å². The molecule has 0 bridgehead atoms. The lowest BCUT2D eigenvalue weighted by Gasteiger charge is -2.16. The Kier molecular flexibility index (Phi) is 3.56. The molecule has 4 rings (SSSR count). The summed E-state index contributed by atoms with van der Waals surface area (Å²) in [4.78, 5) is 4.49. The van der Waals surface area contributed by atoms with Crippen LogP contribution in [-0.4, -0.2) is 21.1 Å². The number of fused-ring (bicyclic) bond motifs is 3. The molecule has 4 aromatic rings. The molecule has 0 aliphatic heterocycles. The predicted octanol–water partition coefficient (Wildman–Crippen LogP) is 4.01. The largest absolute Gasteiger partial charge is 0.496 e. The van der Waals surface area contributed by atoms with Gasteiger partial charge in [-0.3, -0.25) is 4.57 Å². The predicted molar refractivity (Wildman–Crippen MR) is 102 cm³/mol. The summed E-state index contributed by atoms with van der Waals surface area (Å²) in [5, 5.41) is 11.0. The van der Waals surface area contributed by atoms with Crippen molar-refractivity contribution in [2.75, 3.05) is 12.8 Å². The van der Waals surface area contributed by atoms with Crippen molar-refractivity contribution in [3.05, 3.63) is 52.4 Å². The number of benzene rings is 1. The molecule has 6 nitrogen and oxygen atoms in total. The maximum atomic E-state index is 9.70. The number of nitriles is 1. The van der Waals surface area contributed by atoms with Gasteiger partial charge in [0.15, 0.2) is 5.65 Å². The van der Waals surface area contributed by atoms with E-state index in [2.05, 4.69) is 11.1 Å². The number of nitrogen functional groups attached to an aromatic ring is 1. The van der Waals surface area contributed by atoms with Crippen LogP contribution in [0.3, 0.4) is 0 Å². The van der Waals surface area contributed by atoms with E-state index in [4.69, 9.17) is 22.1 Å². The molecule has 3 aromatic heterocycles. The van der Waals surface area contributed by atoms with Gasteiger partial charge in [0.1, 0.15) is 23.2 Å². The van der Waals surface area contributed by atoms with Crippen molar-refractivity contribution in [2.24, 2.45) is 0 Å². The first kappa shape index (κ1) is 16.3. The number of pyridine rings is 1. The van der Waals surface area contributed by atoms with Crippen LogP contribution >= 0.6 is 11.6 Å². The van der Waals surface area contributed by atoms with Gasteiger partial charge in [-0.2, -0.15) is 5.26 Å². The zero-order chi connectivity index (χ0) is 18.6. The number of hydrogen-bond donors (Lipinski definition) is 1. The monoisotopic (exact) mass is 365 g/mol. The van der Waals surface area contributed by atoms with Gasteiger partial charge in [-0.25, -0.2) is 4.98 Å². The smallest absolute Gasteiger partial charge is 0.162 e. The number of methoxy groups -OCH3 is 1. The van der Waals surface area contributed by atoms with E-state index in [0.29, 0.717) is 33.5 Å². The first-order chi connectivity index (χ1) is 12.5. The van der Waals surface area contributed by atoms with Crippen LogP contribution in [0.25, 0.3) is 22.2 Å². The molecule has 0 atom stereocenters. The molecule has 0 amide bonds. The lowest BCUT2D eigenvalue weighted by molar-refractivity contribution is 0.411. The molecular formula is C19H16ClN5O. The third-order valence-corrected chi connectivity index (χ3v) is 5.02. The van der Waals surface area contributed by atoms with Gasteiger partial charge in [-0.15, -0.1) is 0 Å². The average molecular weight is 366 g/mol. The second kappa shape index (κ2) is 5.68. The van der Waals surface area contributed by atoms with Crippen LogP contribution in [0.1, 0.15) is 16.8 Å². The fourth-order valence-electron chi connectivity index (χ4n) is 3.51. The lowest BCUT2D eigenvalue weighted by atomic mass is 10.1. The number of ether oxygens (including phenoxy) is 1. The van der Waals surface area contributed by atoms with E-state index in [9.17, 15) is 5.26 Å². The van der Waals surface area contributed by atoms with E-state index in [1.165, 1.54) is 0 Å². The second-order valence-corrected chi connectivity index (χ2v) is 6.51. The fraction of sp³-hybridized carbons (Fsp3) is 0.158. The molecule has 0 saturated heterocycles. The van der Waals surface area contributed by atoms with Crippen LogP contribution in [0.2, 0.25) is 5.02 Å². The molecule has 0 saturated carbocycles. The zero-order valence-corrected chi connectivity index (χ0v) is 15.3. The highest BCUT2D eigenvalue weighted by atomic mass is 35.5. The standard InChI is InChI=1S/C19H16ClN5O/c1-10-8-12-13(9-21)18(22)25(17(12)19-23-6-7-24(10)19)16-11(2)15(26-3)5-4-14(16)20/h4-8H,22H2,1-3H3. The summed E-state index contributed by atoms with van der Waals surface area (Å²) >= 11 is 6.53. The Labute approximate surface area is 155 Å². The molecule has 0 aliphatic carbocycles. The van der Waals surface area contributed by atoms with Gasteiger partial charge < -0.3 is 14.9 Å². The highest BCUT2D eigenvalue weighted by Crippen LogP contribution is 2.39. The summed E-state index contributed by atoms with van der Waals surface area (Å²) in [5.74, 6) is 1.02. The van der Waals surface area contributed by atoms with E-state index in [0.717, 1.165) is 22.2 Å². The summed E-state index contributed by atoms with van der Waals surface area (Å²) in [6.45, 7) is 3.88. The van der Waals surface area contributed by atoms with Crippen molar-refractivity contribution in [1.82, 2.24) is 14.0 Å². The SMILES string of the molecule is COc1ccc(Cl)c(-n2c(N)c(C#N)c3cc(C)n4ccnc4c32)c1C. The van der Waals surface area contributed by atoms with Crippen molar-refractivity contribution in [2.45, 2.75) is 13.8 Å². The number of halogens is 1. The van der Waals surface area contributed by atoms with Gasteiger partial charge in [0, 0.05) is 29.0 Å². The van der Waals surface area contributed by atoms with Crippen molar-refractivity contribution in [1.29, 1.82) is 5.26 Å². The maximum absolute atomic E-state index is 9.70. The van der Waals surface area contributed by atoms with Crippen LogP contribution in [0.4, 0.5) is 5.82 Å². The number of rotatable bonds is 2. The summed E-state index contributed by atoms with van der Waals surface area (Å²) < 4.78 is 9.20. The first-order valence-corrected chi connectivity index (χ1v) is 8.37. The number of anilines is 1. The normalized spacial score (nSPS) is 11.2. The molecule has 1 aromatic carbocycles. The Morgan fingerprint density at radius 1 is 1.31 bits per heavy atom.